The Morgan fingerprint density at radius 3 is 2.69 bits per heavy atom. The molecule has 2 aliphatic rings. The van der Waals surface area contributed by atoms with Crippen LogP contribution in [-0.2, 0) is 4.79 Å². The fourth-order valence-electron chi connectivity index (χ4n) is 3.22. The zero-order valence-corrected chi connectivity index (χ0v) is 10.3. The molecule has 0 radical (unpaired) electrons. The molecule has 2 fully saturated rings. The van der Waals surface area contributed by atoms with Crippen molar-refractivity contribution < 1.29 is 4.79 Å². The van der Waals surface area contributed by atoms with Crippen LogP contribution in [0, 0.1) is 5.92 Å². The van der Waals surface area contributed by atoms with E-state index in [-0.39, 0.29) is 12.0 Å². The van der Waals surface area contributed by atoms with Crippen LogP contribution in [0.2, 0.25) is 0 Å². The van der Waals surface area contributed by atoms with Gasteiger partial charge in [-0.1, -0.05) is 13.3 Å². The van der Waals surface area contributed by atoms with E-state index in [2.05, 4.69) is 11.8 Å². The fraction of sp³-hybridized carbons (Fsp3) is 0.923. The van der Waals surface area contributed by atoms with E-state index >= 15 is 0 Å². The number of carbonyl (C=O) groups excluding carboxylic acids is 1. The van der Waals surface area contributed by atoms with E-state index in [0.717, 1.165) is 32.2 Å². The third-order valence-electron chi connectivity index (χ3n) is 4.27. The molecule has 2 rings (SSSR count). The lowest BCUT2D eigenvalue weighted by Crippen LogP contribution is -2.48. The van der Waals surface area contributed by atoms with Gasteiger partial charge in [0.25, 0.3) is 0 Å². The third kappa shape index (κ3) is 2.24. The van der Waals surface area contributed by atoms with Gasteiger partial charge in [0.2, 0.25) is 5.91 Å². The number of carbonyl (C=O) groups is 1. The minimum absolute atomic E-state index is 0.118. The molecule has 3 nitrogen and oxygen atoms in total. The molecule has 0 spiro atoms. The number of nitrogens with zero attached hydrogens (tertiary/aromatic N) is 1. The second kappa shape index (κ2) is 5.17. The van der Waals surface area contributed by atoms with Crippen LogP contribution in [0.5, 0.6) is 0 Å². The summed E-state index contributed by atoms with van der Waals surface area (Å²) in [7, 11) is 0. The molecule has 3 heteroatoms. The summed E-state index contributed by atoms with van der Waals surface area (Å²) < 4.78 is 0. The molecule has 1 saturated carbocycles. The zero-order valence-electron chi connectivity index (χ0n) is 10.3. The molecule has 1 saturated heterocycles. The lowest BCUT2D eigenvalue weighted by molar-refractivity contribution is -0.139. The minimum Gasteiger partial charge on any atom is -0.339 e. The SMILES string of the molecule is CCC1CCCCN1C(=O)C1CCCC1N. The van der Waals surface area contributed by atoms with Crippen molar-refractivity contribution in [1.29, 1.82) is 0 Å². The maximum atomic E-state index is 12.4. The monoisotopic (exact) mass is 224 g/mol. The van der Waals surface area contributed by atoms with Gasteiger partial charge in [-0.2, -0.15) is 0 Å². The van der Waals surface area contributed by atoms with Crippen LogP contribution in [0.25, 0.3) is 0 Å². The first kappa shape index (κ1) is 11.9. The van der Waals surface area contributed by atoms with Gasteiger partial charge in [0.05, 0.1) is 5.92 Å². The number of rotatable bonds is 2. The van der Waals surface area contributed by atoms with Crippen LogP contribution in [-0.4, -0.2) is 29.4 Å². The molecular formula is C13H24N2O. The summed E-state index contributed by atoms with van der Waals surface area (Å²) in [5.41, 5.74) is 6.03. The summed E-state index contributed by atoms with van der Waals surface area (Å²) >= 11 is 0. The topological polar surface area (TPSA) is 46.3 Å². The second-order valence-electron chi connectivity index (χ2n) is 5.29. The van der Waals surface area contributed by atoms with Crippen molar-refractivity contribution >= 4 is 5.91 Å². The summed E-state index contributed by atoms with van der Waals surface area (Å²) in [4.78, 5) is 14.6. The Morgan fingerprint density at radius 2 is 2.06 bits per heavy atom. The van der Waals surface area contributed by atoms with Crippen LogP contribution < -0.4 is 5.73 Å². The standard InChI is InChI=1S/C13H24N2O/c1-2-10-6-3-4-9-15(10)13(16)11-7-5-8-12(11)14/h10-12H,2-9,14H2,1H3. The van der Waals surface area contributed by atoms with Crippen LogP contribution in [0.15, 0.2) is 0 Å². The molecule has 0 aromatic carbocycles. The van der Waals surface area contributed by atoms with Gasteiger partial charge in [-0.05, 0) is 38.5 Å². The van der Waals surface area contributed by atoms with Crippen LogP contribution in [0.4, 0.5) is 0 Å². The second-order valence-corrected chi connectivity index (χ2v) is 5.29. The first-order valence-electron chi connectivity index (χ1n) is 6.80. The highest BCUT2D eigenvalue weighted by Crippen LogP contribution is 2.29. The predicted octanol–water partition coefficient (Wildman–Crippen LogP) is 1.90. The molecule has 0 bridgehead atoms. The van der Waals surface area contributed by atoms with Crippen LogP contribution in [0.1, 0.15) is 51.9 Å². The molecule has 1 amide bonds. The highest BCUT2D eigenvalue weighted by atomic mass is 16.2. The quantitative estimate of drug-likeness (QED) is 0.778. The van der Waals surface area contributed by atoms with Gasteiger partial charge in [-0.15, -0.1) is 0 Å². The van der Waals surface area contributed by atoms with Crippen molar-refractivity contribution in [3.05, 3.63) is 0 Å². The van der Waals surface area contributed by atoms with Crippen molar-refractivity contribution in [3.63, 3.8) is 0 Å². The Labute approximate surface area is 98.4 Å². The lowest BCUT2D eigenvalue weighted by atomic mass is 9.95. The number of hydrogen-bond acceptors (Lipinski definition) is 2. The van der Waals surface area contributed by atoms with Gasteiger partial charge in [0, 0.05) is 18.6 Å². The van der Waals surface area contributed by atoms with Gasteiger partial charge in [-0.3, -0.25) is 4.79 Å². The summed E-state index contributed by atoms with van der Waals surface area (Å²) in [6.07, 6.45) is 7.89. The van der Waals surface area contributed by atoms with E-state index in [1.807, 2.05) is 0 Å². The molecule has 0 aromatic rings. The highest BCUT2D eigenvalue weighted by Gasteiger charge is 2.36. The first-order chi connectivity index (χ1) is 7.74. The maximum absolute atomic E-state index is 12.4. The number of hydrogen-bond donors (Lipinski definition) is 1. The summed E-state index contributed by atoms with van der Waals surface area (Å²) in [5, 5.41) is 0. The van der Waals surface area contributed by atoms with E-state index in [1.165, 1.54) is 19.3 Å². The predicted molar refractivity (Wildman–Crippen MR) is 65.0 cm³/mol. The third-order valence-corrected chi connectivity index (χ3v) is 4.27. The number of amides is 1. The van der Waals surface area contributed by atoms with Crippen molar-refractivity contribution in [3.8, 4) is 0 Å². The maximum Gasteiger partial charge on any atom is 0.227 e. The molecular weight excluding hydrogens is 200 g/mol. The van der Waals surface area contributed by atoms with E-state index < -0.39 is 0 Å². The Morgan fingerprint density at radius 1 is 1.25 bits per heavy atom. The molecule has 16 heavy (non-hydrogen) atoms. The van der Waals surface area contributed by atoms with Gasteiger partial charge in [-0.25, -0.2) is 0 Å². The zero-order chi connectivity index (χ0) is 11.5. The van der Waals surface area contributed by atoms with Gasteiger partial charge in [0.15, 0.2) is 0 Å². The average Bonchev–Trinajstić information content (AvgIpc) is 2.74. The summed E-state index contributed by atoms with van der Waals surface area (Å²) in [6, 6.07) is 0.598. The lowest BCUT2D eigenvalue weighted by Gasteiger charge is -2.37. The van der Waals surface area contributed by atoms with E-state index in [4.69, 9.17) is 5.73 Å². The Balaban J connectivity index is 2.01. The molecule has 92 valence electrons. The van der Waals surface area contributed by atoms with Crippen LogP contribution >= 0.6 is 0 Å². The Bertz CT molecular complexity index is 254. The molecule has 1 aliphatic heterocycles. The Kier molecular flexibility index (Phi) is 3.85. The van der Waals surface area contributed by atoms with E-state index in [0.29, 0.717) is 11.9 Å². The van der Waals surface area contributed by atoms with Crippen molar-refractivity contribution in [2.75, 3.05) is 6.54 Å². The summed E-state index contributed by atoms with van der Waals surface area (Å²) in [6.45, 7) is 3.14. The number of likely N-dealkylation sites (tertiary alicyclic amines) is 1. The minimum atomic E-state index is 0.118. The van der Waals surface area contributed by atoms with Crippen LogP contribution in [0.3, 0.4) is 0 Å². The fourth-order valence-corrected chi connectivity index (χ4v) is 3.22. The molecule has 2 N–H and O–H groups in total. The largest absolute Gasteiger partial charge is 0.339 e. The first-order valence-corrected chi connectivity index (χ1v) is 6.80. The highest BCUT2D eigenvalue weighted by molar-refractivity contribution is 5.80. The van der Waals surface area contributed by atoms with Crippen molar-refractivity contribution in [1.82, 2.24) is 4.90 Å². The van der Waals surface area contributed by atoms with E-state index in [9.17, 15) is 4.79 Å². The average molecular weight is 224 g/mol. The van der Waals surface area contributed by atoms with Gasteiger partial charge < -0.3 is 10.6 Å². The number of piperidine rings is 1. The molecule has 0 aromatic heterocycles. The molecule has 1 heterocycles. The smallest absolute Gasteiger partial charge is 0.227 e. The van der Waals surface area contributed by atoms with Gasteiger partial charge >= 0.3 is 0 Å². The number of nitrogens with two attached hydrogens (primary N) is 1. The summed E-state index contributed by atoms with van der Waals surface area (Å²) in [5.74, 6) is 0.462. The van der Waals surface area contributed by atoms with Gasteiger partial charge in [0.1, 0.15) is 0 Å². The molecule has 3 atom stereocenters. The molecule has 1 aliphatic carbocycles. The van der Waals surface area contributed by atoms with Crippen molar-refractivity contribution in [2.45, 2.75) is 64.0 Å². The normalized spacial score (nSPS) is 35.4. The Hall–Kier alpha value is -0.570. The van der Waals surface area contributed by atoms with Crippen molar-refractivity contribution in [2.24, 2.45) is 11.7 Å². The van der Waals surface area contributed by atoms with E-state index in [1.54, 1.807) is 0 Å². The molecule has 3 unspecified atom stereocenters.